The Morgan fingerprint density at radius 2 is 1.79 bits per heavy atom. The summed E-state index contributed by atoms with van der Waals surface area (Å²) in [5.74, 6) is 0. The zero-order valence-corrected chi connectivity index (χ0v) is 14.7. The van der Waals surface area contributed by atoms with E-state index in [-0.39, 0.29) is 6.04 Å². The fourth-order valence-electron chi connectivity index (χ4n) is 1.96. The molecule has 0 saturated heterocycles. The highest BCUT2D eigenvalue weighted by atomic mass is 79.9. The summed E-state index contributed by atoms with van der Waals surface area (Å²) in [4.78, 5) is 0. The van der Waals surface area contributed by atoms with Crippen molar-refractivity contribution in [3.63, 3.8) is 0 Å². The normalized spacial score (nSPS) is 12.5. The number of rotatable bonds is 3. The fourth-order valence-corrected chi connectivity index (χ4v) is 3.23. The highest BCUT2D eigenvalue weighted by Gasteiger charge is 2.19. The molecule has 2 aromatic rings. The third-order valence-electron chi connectivity index (χ3n) is 2.85. The molecule has 1 nitrogen and oxygen atoms in total. The summed E-state index contributed by atoms with van der Waals surface area (Å²) in [5.41, 5.74) is 2.05. The number of hydrogen-bond acceptors (Lipinski definition) is 1. The van der Waals surface area contributed by atoms with Crippen LogP contribution in [-0.2, 0) is 0 Å². The Morgan fingerprint density at radius 3 is 2.47 bits per heavy atom. The first-order valence-electron chi connectivity index (χ1n) is 5.60. The van der Waals surface area contributed by atoms with Crippen LogP contribution in [0.15, 0.2) is 45.3 Å². The lowest BCUT2D eigenvalue weighted by Gasteiger charge is -2.20. The number of benzene rings is 2. The van der Waals surface area contributed by atoms with Gasteiger partial charge in [-0.15, -0.1) is 0 Å². The number of hydrogen-bond donors (Lipinski definition) is 1. The summed E-state index contributed by atoms with van der Waals surface area (Å²) in [7, 11) is 1.90. The fraction of sp³-hybridized carbons (Fsp3) is 0.143. The van der Waals surface area contributed by atoms with Crippen molar-refractivity contribution in [2.75, 3.05) is 7.05 Å². The summed E-state index contributed by atoms with van der Waals surface area (Å²) in [5, 5.41) is 4.42. The number of halogens is 4. The first-order chi connectivity index (χ1) is 9.04. The predicted molar refractivity (Wildman–Crippen MR) is 89.2 cm³/mol. The molecule has 1 unspecified atom stereocenters. The van der Waals surface area contributed by atoms with Gasteiger partial charge in [-0.2, -0.15) is 0 Å². The quantitative estimate of drug-likeness (QED) is 0.655. The molecule has 19 heavy (non-hydrogen) atoms. The molecule has 100 valence electrons. The largest absolute Gasteiger partial charge is 0.309 e. The van der Waals surface area contributed by atoms with E-state index in [2.05, 4.69) is 43.2 Å². The van der Waals surface area contributed by atoms with Crippen molar-refractivity contribution in [1.82, 2.24) is 5.32 Å². The van der Waals surface area contributed by atoms with Crippen molar-refractivity contribution in [3.05, 3.63) is 66.5 Å². The highest BCUT2D eigenvalue weighted by Crippen LogP contribution is 2.36. The molecule has 0 bridgehead atoms. The van der Waals surface area contributed by atoms with Gasteiger partial charge in [0.2, 0.25) is 0 Å². The molecule has 2 rings (SSSR count). The average Bonchev–Trinajstić information content (AvgIpc) is 2.39. The van der Waals surface area contributed by atoms with Crippen molar-refractivity contribution < 1.29 is 0 Å². The minimum atomic E-state index is -0.0296. The molecule has 0 radical (unpaired) electrons. The van der Waals surface area contributed by atoms with Crippen molar-refractivity contribution in [1.29, 1.82) is 0 Å². The molecule has 0 heterocycles. The maximum absolute atomic E-state index is 6.31. The minimum absolute atomic E-state index is 0.0296. The maximum Gasteiger partial charge on any atom is 0.0643 e. The summed E-state index contributed by atoms with van der Waals surface area (Å²) >= 11 is 19.5. The molecule has 2 aromatic carbocycles. The Morgan fingerprint density at radius 1 is 1.05 bits per heavy atom. The monoisotopic (exact) mass is 421 g/mol. The minimum Gasteiger partial charge on any atom is -0.309 e. The van der Waals surface area contributed by atoms with Crippen LogP contribution < -0.4 is 5.32 Å². The Hall–Kier alpha value is -0.0600. The van der Waals surface area contributed by atoms with Crippen LogP contribution in [-0.4, -0.2) is 7.05 Å². The molecule has 0 amide bonds. The molecular weight excluding hydrogens is 413 g/mol. The zero-order chi connectivity index (χ0) is 14.0. The van der Waals surface area contributed by atoms with E-state index < -0.39 is 0 Å². The summed E-state index contributed by atoms with van der Waals surface area (Å²) in [6.07, 6.45) is 0. The first-order valence-corrected chi connectivity index (χ1v) is 7.95. The second-order valence-electron chi connectivity index (χ2n) is 4.03. The van der Waals surface area contributed by atoms with E-state index in [1.54, 1.807) is 6.07 Å². The van der Waals surface area contributed by atoms with Crippen LogP contribution in [0.5, 0.6) is 0 Å². The van der Waals surface area contributed by atoms with Crippen LogP contribution in [0.3, 0.4) is 0 Å². The summed E-state index contributed by atoms with van der Waals surface area (Å²) in [6, 6.07) is 11.7. The van der Waals surface area contributed by atoms with Crippen LogP contribution >= 0.6 is 55.1 Å². The lowest BCUT2D eigenvalue weighted by atomic mass is 9.99. The zero-order valence-electron chi connectivity index (χ0n) is 10.1. The van der Waals surface area contributed by atoms with Crippen LogP contribution in [0.2, 0.25) is 10.0 Å². The molecule has 0 aromatic heterocycles. The molecule has 0 aliphatic heterocycles. The Balaban J connectivity index is 2.56. The second-order valence-corrected chi connectivity index (χ2v) is 6.59. The molecule has 0 aliphatic rings. The lowest BCUT2D eigenvalue weighted by Crippen LogP contribution is -2.18. The Bertz CT molecular complexity index is 600. The van der Waals surface area contributed by atoms with Gasteiger partial charge in [-0.1, -0.05) is 67.2 Å². The smallest absolute Gasteiger partial charge is 0.0643 e. The van der Waals surface area contributed by atoms with E-state index in [0.29, 0.717) is 10.0 Å². The molecule has 0 saturated carbocycles. The molecule has 0 aliphatic carbocycles. The summed E-state index contributed by atoms with van der Waals surface area (Å²) in [6.45, 7) is 0. The van der Waals surface area contributed by atoms with Crippen molar-refractivity contribution in [2.45, 2.75) is 6.04 Å². The van der Waals surface area contributed by atoms with Crippen LogP contribution in [0, 0.1) is 0 Å². The predicted octanol–water partition coefficient (Wildman–Crippen LogP) is 5.83. The average molecular weight is 424 g/mol. The van der Waals surface area contributed by atoms with Crippen LogP contribution in [0.1, 0.15) is 17.2 Å². The van der Waals surface area contributed by atoms with E-state index >= 15 is 0 Å². The molecule has 0 fully saturated rings. The highest BCUT2D eigenvalue weighted by molar-refractivity contribution is 9.11. The first kappa shape index (κ1) is 15.3. The number of nitrogens with one attached hydrogen (secondary N) is 1. The van der Waals surface area contributed by atoms with Crippen molar-refractivity contribution in [2.24, 2.45) is 0 Å². The van der Waals surface area contributed by atoms with E-state index in [4.69, 9.17) is 23.2 Å². The maximum atomic E-state index is 6.31. The van der Waals surface area contributed by atoms with Crippen molar-refractivity contribution >= 4 is 55.1 Å². The summed E-state index contributed by atoms with van der Waals surface area (Å²) < 4.78 is 2.04. The molecule has 1 N–H and O–H groups in total. The van der Waals surface area contributed by atoms with Crippen LogP contribution in [0.4, 0.5) is 0 Å². The second kappa shape index (κ2) is 6.59. The lowest BCUT2D eigenvalue weighted by molar-refractivity contribution is 0.689. The van der Waals surface area contributed by atoms with Crippen molar-refractivity contribution in [3.8, 4) is 0 Å². The molecular formula is C14H11Br2Cl2N. The Labute approximate surface area is 139 Å². The molecule has 5 heteroatoms. The SMILES string of the molecule is CNC(c1cc(Br)ccc1Br)c1cccc(Cl)c1Cl. The molecule has 0 spiro atoms. The topological polar surface area (TPSA) is 12.0 Å². The van der Waals surface area contributed by atoms with Gasteiger partial charge >= 0.3 is 0 Å². The van der Waals surface area contributed by atoms with E-state index in [9.17, 15) is 0 Å². The van der Waals surface area contributed by atoms with E-state index in [1.807, 2.05) is 31.3 Å². The van der Waals surface area contributed by atoms with Gasteiger partial charge in [0.05, 0.1) is 16.1 Å². The van der Waals surface area contributed by atoms with E-state index in [0.717, 1.165) is 20.1 Å². The Kier molecular flexibility index (Phi) is 5.32. The van der Waals surface area contributed by atoms with Gasteiger partial charge in [-0.3, -0.25) is 0 Å². The van der Waals surface area contributed by atoms with Gasteiger partial charge in [-0.25, -0.2) is 0 Å². The third-order valence-corrected chi connectivity index (χ3v) is 4.90. The third kappa shape index (κ3) is 3.34. The van der Waals surface area contributed by atoms with Gasteiger partial charge in [0.1, 0.15) is 0 Å². The van der Waals surface area contributed by atoms with Gasteiger partial charge in [0.15, 0.2) is 0 Å². The van der Waals surface area contributed by atoms with Gasteiger partial charge in [0.25, 0.3) is 0 Å². The van der Waals surface area contributed by atoms with Gasteiger partial charge < -0.3 is 5.32 Å². The van der Waals surface area contributed by atoms with Gasteiger partial charge in [0, 0.05) is 8.95 Å². The molecule has 1 atom stereocenters. The standard InChI is InChI=1S/C14H11Br2Cl2N/c1-19-14(9-3-2-4-12(17)13(9)18)10-7-8(15)5-6-11(10)16/h2-7,14,19H,1H3. The van der Waals surface area contributed by atoms with Crippen LogP contribution in [0.25, 0.3) is 0 Å². The van der Waals surface area contributed by atoms with Gasteiger partial charge in [-0.05, 0) is 42.4 Å². The van der Waals surface area contributed by atoms with E-state index in [1.165, 1.54) is 0 Å².